The standard InChI is InChI=1S/C29H32ClN3O4/c1-18(11-27(35)36)10-26(34)28-24-13-21(15-31)16-32-29(24)33(2)25(28)14-19-6-8-23(9-7-19)37-17-20-4-3-5-22(30)12-20/h3-5,12-13,16,18-19,23H,6-11,14,17H2,1-2H3,(H,35,36)/t18?,19-,23-. The van der Waals surface area contributed by atoms with E-state index in [4.69, 9.17) is 21.4 Å². The van der Waals surface area contributed by atoms with Crippen molar-refractivity contribution in [2.24, 2.45) is 18.9 Å². The number of hydrogen-bond acceptors (Lipinski definition) is 5. The number of benzene rings is 1. The Balaban J connectivity index is 1.49. The maximum absolute atomic E-state index is 13.5. The van der Waals surface area contributed by atoms with Gasteiger partial charge in [0.05, 0.1) is 18.3 Å². The van der Waals surface area contributed by atoms with Gasteiger partial charge in [-0.3, -0.25) is 9.59 Å². The van der Waals surface area contributed by atoms with Crippen molar-refractivity contribution in [3.8, 4) is 6.07 Å². The number of fused-ring (bicyclic) bond motifs is 1. The summed E-state index contributed by atoms with van der Waals surface area (Å²) in [5.41, 5.74) is 3.62. The number of carbonyl (C=O) groups is 2. The number of aryl methyl sites for hydroxylation is 1. The van der Waals surface area contributed by atoms with Gasteiger partial charge in [-0.05, 0) is 67.7 Å². The number of aliphatic carboxylic acids is 1. The predicted molar refractivity (Wildman–Crippen MR) is 141 cm³/mol. The predicted octanol–water partition coefficient (Wildman–Crippen LogP) is 6.10. The minimum Gasteiger partial charge on any atom is -0.481 e. The monoisotopic (exact) mass is 521 g/mol. The number of hydrogen-bond donors (Lipinski definition) is 1. The van der Waals surface area contributed by atoms with Crippen LogP contribution in [0.25, 0.3) is 11.0 Å². The Morgan fingerprint density at radius 2 is 2.00 bits per heavy atom. The van der Waals surface area contributed by atoms with Crippen molar-refractivity contribution in [2.75, 3.05) is 0 Å². The first-order valence-corrected chi connectivity index (χ1v) is 13.1. The number of ketones is 1. The highest BCUT2D eigenvalue weighted by Gasteiger charge is 2.28. The summed E-state index contributed by atoms with van der Waals surface area (Å²) < 4.78 is 8.12. The highest BCUT2D eigenvalue weighted by Crippen LogP contribution is 2.34. The van der Waals surface area contributed by atoms with Gasteiger partial charge in [-0.2, -0.15) is 5.26 Å². The van der Waals surface area contributed by atoms with Crippen molar-refractivity contribution in [1.82, 2.24) is 9.55 Å². The molecular weight excluding hydrogens is 490 g/mol. The minimum atomic E-state index is -0.916. The van der Waals surface area contributed by atoms with E-state index < -0.39 is 5.97 Å². The zero-order chi connectivity index (χ0) is 26.5. The Labute approximate surface area is 222 Å². The van der Waals surface area contributed by atoms with Gasteiger partial charge in [-0.15, -0.1) is 0 Å². The molecular formula is C29H32ClN3O4. The number of halogens is 1. The lowest BCUT2D eigenvalue weighted by molar-refractivity contribution is -0.137. The van der Waals surface area contributed by atoms with Gasteiger partial charge in [0.2, 0.25) is 0 Å². The molecule has 1 unspecified atom stereocenters. The molecule has 1 fully saturated rings. The molecule has 0 spiro atoms. The van der Waals surface area contributed by atoms with Gasteiger partial charge in [0, 0.05) is 47.8 Å². The first kappa shape index (κ1) is 26.8. The van der Waals surface area contributed by atoms with Crippen molar-refractivity contribution in [3.63, 3.8) is 0 Å². The van der Waals surface area contributed by atoms with Crippen LogP contribution in [-0.4, -0.2) is 32.5 Å². The number of carboxylic acid groups (broad SMARTS) is 1. The number of pyridine rings is 1. The van der Waals surface area contributed by atoms with Crippen LogP contribution in [0.4, 0.5) is 0 Å². The smallest absolute Gasteiger partial charge is 0.303 e. The molecule has 2 heterocycles. The lowest BCUT2D eigenvalue weighted by Gasteiger charge is -2.29. The molecule has 1 aliphatic rings. The van der Waals surface area contributed by atoms with Crippen LogP contribution < -0.4 is 0 Å². The highest BCUT2D eigenvalue weighted by atomic mass is 35.5. The van der Waals surface area contributed by atoms with E-state index in [0.717, 1.165) is 43.4 Å². The molecule has 1 atom stereocenters. The Morgan fingerprint density at radius 1 is 1.24 bits per heavy atom. The first-order valence-electron chi connectivity index (χ1n) is 12.7. The van der Waals surface area contributed by atoms with E-state index in [1.54, 1.807) is 13.0 Å². The Bertz CT molecular complexity index is 1330. The van der Waals surface area contributed by atoms with Gasteiger partial charge in [0.15, 0.2) is 5.78 Å². The third-order valence-corrected chi connectivity index (χ3v) is 7.50. The summed E-state index contributed by atoms with van der Waals surface area (Å²) in [5, 5.41) is 19.9. The fourth-order valence-electron chi connectivity index (χ4n) is 5.38. The fraction of sp³-hybridized carbons (Fsp3) is 0.448. The summed E-state index contributed by atoms with van der Waals surface area (Å²) in [4.78, 5) is 29.1. The van der Waals surface area contributed by atoms with Crippen LogP contribution in [0.1, 0.15) is 72.6 Å². The second-order valence-corrected chi connectivity index (χ2v) is 10.6. The van der Waals surface area contributed by atoms with E-state index >= 15 is 0 Å². The van der Waals surface area contributed by atoms with E-state index in [-0.39, 0.29) is 30.6 Å². The normalized spacial score (nSPS) is 18.4. The van der Waals surface area contributed by atoms with E-state index in [9.17, 15) is 14.9 Å². The van der Waals surface area contributed by atoms with E-state index in [1.165, 1.54) is 6.20 Å². The summed E-state index contributed by atoms with van der Waals surface area (Å²) in [7, 11) is 1.91. The van der Waals surface area contributed by atoms with Gasteiger partial charge in [0.1, 0.15) is 11.7 Å². The van der Waals surface area contributed by atoms with Crippen molar-refractivity contribution in [3.05, 3.63) is 63.9 Å². The second kappa shape index (κ2) is 11.9. The molecule has 37 heavy (non-hydrogen) atoms. The van der Waals surface area contributed by atoms with E-state index in [2.05, 4.69) is 11.1 Å². The van der Waals surface area contributed by atoms with E-state index in [1.807, 2.05) is 35.9 Å². The average Bonchev–Trinajstić information content (AvgIpc) is 3.13. The number of nitriles is 1. The SMILES string of the molecule is CC(CC(=O)O)CC(=O)c1c(C[C@H]2CC[C@H](OCc3cccc(Cl)c3)CC2)n(C)c2ncc(C#N)cc12. The Morgan fingerprint density at radius 3 is 2.68 bits per heavy atom. The van der Waals surface area contributed by atoms with Gasteiger partial charge in [-0.1, -0.05) is 30.7 Å². The molecule has 194 valence electrons. The molecule has 2 aromatic heterocycles. The first-order chi connectivity index (χ1) is 17.7. The van der Waals surface area contributed by atoms with Gasteiger partial charge in [0.25, 0.3) is 0 Å². The van der Waals surface area contributed by atoms with Crippen LogP contribution >= 0.6 is 11.6 Å². The Hall–Kier alpha value is -3.21. The molecule has 4 rings (SSSR count). The summed E-state index contributed by atoms with van der Waals surface area (Å²) in [5.74, 6) is -0.897. The van der Waals surface area contributed by atoms with Gasteiger partial charge in [-0.25, -0.2) is 4.98 Å². The molecule has 0 amide bonds. The number of aromatic nitrogens is 2. The summed E-state index contributed by atoms with van der Waals surface area (Å²) >= 11 is 6.08. The third-order valence-electron chi connectivity index (χ3n) is 7.26. The lowest BCUT2D eigenvalue weighted by atomic mass is 9.83. The number of nitrogens with zero attached hydrogens (tertiary/aromatic N) is 3. The maximum Gasteiger partial charge on any atom is 0.303 e. The highest BCUT2D eigenvalue weighted by molar-refractivity contribution is 6.30. The molecule has 8 heteroatoms. The van der Waals surface area contributed by atoms with Gasteiger partial charge >= 0.3 is 5.97 Å². The van der Waals surface area contributed by atoms with Crippen molar-refractivity contribution < 1.29 is 19.4 Å². The molecule has 1 N–H and O–H groups in total. The summed E-state index contributed by atoms with van der Waals surface area (Å²) in [6, 6.07) is 11.6. The zero-order valence-corrected chi connectivity index (χ0v) is 22.0. The second-order valence-electron chi connectivity index (χ2n) is 10.2. The summed E-state index contributed by atoms with van der Waals surface area (Å²) in [6.45, 7) is 2.32. The van der Waals surface area contributed by atoms with Crippen LogP contribution in [0.5, 0.6) is 0 Å². The molecule has 0 saturated heterocycles. The van der Waals surface area contributed by atoms with Crippen LogP contribution in [0.2, 0.25) is 5.02 Å². The fourth-order valence-corrected chi connectivity index (χ4v) is 5.59. The number of ether oxygens (including phenoxy) is 1. The number of carboxylic acids is 1. The Kier molecular flexibility index (Phi) is 8.63. The average molecular weight is 522 g/mol. The lowest BCUT2D eigenvalue weighted by Crippen LogP contribution is -2.24. The largest absolute Gasteiger partial charge is 0.481 e. The molecule has 0 aliphatic heterocycles. The van der Waals surface area contributed by atoms with Crippen LogP contribution in [-0.2, 0) is 29.6 Å². The van der Waals surface area contributed by atoms with Crippen LogP contribution in [0.15, 0.2) is 36.5 Å². The molecule has 1 saturated carbocycles. The quantitative estimate of drug-likeness (QED) is 0.323. The maximum atomic E-state index is 13.5. The molecule has 3 aromatic rings. The van der Waals surface area contributed by atoms with Crippen LogP contribution in [0, 0.1) is 23.2 Å². The molecule has 7 nitrogen and oxygen atoms in total. The zero-order valence-electron chi connectivity index (χ0n) is 21.2. The molecule has 1 aromatic carbocycles. The van der Waals surface area contributed by atoms with Crippen molar-refractivity contribution in [2.45, 2.75) is 64.6 Å². The minimum absolute atomic E-state index is 0.0628. The van der Waals surface area contributed by atoms with Crippen LogP contribution in [0.3, 0.4) is 0 Å². The number of Topliss-reactive ketones (excluding diaryl/α,β-unsaturated/α-hetero) is 1. The molecule has 1 aliphatic carbocycles. The number of carbonyl (C=O) groups excluding carboxylic acids is 1. The topological polar surface area (TPSA) is 105 Å². The molecule has 0 bridgehead atoms. The number of rotatable bonds is 10. The van der Waals surface area contributed by atoms with Crippen molar-refractivity contribution >= 4 is 34.4 Å². The van der Waals surface area contributed by atoms with E-state index in [0.29, 0.717) is 39.7 Å². The molecule has 0 radical (unpaired) electrons. The third kappa shape index (κ3) is 6.57. The van der Waals surface area contributed by atoms with Crippen molar-refractivity contribution in [1.29, 1.82) is 5.26 Å². The summed E-state index contributed by atoms with van der Waals surface area (Å²) in [6.07, 6.45) is 6.39. The van der Waals surface area contributed by atoms with Gasteiger partial charge < -0.3 is 14.4 Å².